The lowest BCUT2D eigenvalue weighted by molar-refractivity contribution is -0.116. The SMILES string of the molecule is Cn1c(=O)c2c(ncn2CC(=O)Nc2cccc3nsnc23)n(C)c1=O. The summed E-state index contributed by atoms with van der Waals surface area (Å²) >= 11 is 1.06. The van der Waals surface area contributed by atoms with E-state index in [9.17, 15) is 14.4 Å². The summed E-state index contributed by atoms with van der Waals surface area (Å²) in [5.74, 6) is -0.347. The Morgan fingerprint density at radius 1 is 1.19 bits per heavy atom. The molecule has 0 radical (unpaired) electrons. The number of imidazole rings is 1. The van der Waals surface area contributed by atoms with Gasteiger partial charge in [-0.05, 0) is 12.1 Å². The lowest BCUT2D eigenvalue weighted by Crippen LogP contribution is -2.37. The number of hydrogen-bond donors (Lipinski definition) is 1. The van der Waals surface area contributed by atoms with E-state index in [2.05, 4.69) is 19.0 Å². The third-order valence-corrected chi connectivity index (χ3v) is 4.63. The first-order valence-electron chi connectivity index (χ1n) is 7.59. The summed E-state index contributed by atoms with van der Waals surface area (Å²) in [5.41, 5.74) is 1.31. The molecule has 0 atom stereocenters. The number of aryl methyl sites for hydroxylation is 1. The standard InChI is InChI=1S/C15H13N7O3S/c1-20-13-12(14(24)21(2)15(20)25)22(7-16-13)6-10(23)17-8-4-3-5-9-11(8)19-26-18-9/h3-5,7H,6H2,1-2H3,(H,17,23). The number of amides is 1. The molecule has 0 aliphatic rings. The van der Waals surface area contributed by atoms with E-state index in [1.165, 1.54) is 29.6 Å². The van der Waals surface area contributed by atoms with E-state index in [0.717, 1.165) is 16.3 Å². The number of aromatic nitrogens is 6. The number of hydrogen-bond acceptors (Lipinski definition) is 7. The van der Waals surface area contributed by atoms with Gasteiger partial charge in [0.05, 0.1) is 23.7 Å². The molecule has 0 saturated heterocycles. The Hall–Kier alpha value is -3.34. The van der Waals surface area contributed by atoms with Crippen LogP contribution in [0.15, 0.2) is 34.1 Å². The molecule has 3 aromatic heterocycles. The fourth-order valence-electron chi connectivity index (χ4n) is 2.77. The molecule has 0 aliphatic carbocycles. The fraction of sp³-hybridized carbons (Fsp3) is 0.200. The van der Waals surface area contributed by atoms with Gasteiger partial charge in [0.15, 0.2) is 11.2 Å². The Bertz CT molecular complexity index is 1280. The Morgan fingerprint density at radius 2 is 2.00 bits per heavy atom. The summed E-state index contributed by atoms with van der Waals surface area (Å²) in [4.78, 5) is 40.9. The zero-order chi connectivity index (χ0) is 18.4. The molecule has 3 heterocycles. The Balaban J connectivity index is 1.70. The molecule has 10 nitrogen and oxygen atoms in total. The summed E-state index contributed by atoms with van der Waals surface area (Å²) in [5, 5.41) is 2.77. The normalized spacial score (nSPS) is 11.3. The van der Waals surface area contributed by atoms with Crippen LogP contribution in [0.1, 0.15) is 0 Å². The highest BCUT2D eigenvalue weighted by molar-refractivity contribution is 7.00. The third kappa shape index (κ3) is 2.40. The molecule has 0 bridgehead atoms. The van der Waals surface area contributed by atoms with Crippen molar-refractivity contribution >= 4 is 45.5 Å². The van der Waals surface area contributed by atoms with Crippen molar-refractivity contribution in [1.82, 2.24) is 27.4 Å². The van der Waals surface area contributed by atoms with E-state index in [0.29, 0.717) is 16.7 Å². The van der Waals surface area contributed by atoms with E-state index in [1.54, 1.807) is 12.1 Å². The molecular formula is C15H13N7O3S. The van der Waals surface area contributed by atoms with E-state index < -0.39 is 11.2 Å². The second-order valence-corrected chi connectivity index (χ2v) is 6.26. The number of rotatable bonds is 3. The highest BCUT2D eigenvalue weighted by Gasteiger charge is 2.16. The molecule has 26 heavy (non-hydrogen) atoms. The van der Waals surface area contributed by atoms with Gasteiger partial charge in [-0.3, -0.25) is 18.7 Å². The lowest BCUT2D eigenvalue weighted by Gasteiger charge is -2.08. The molecule has 1 aromatic carbocycles. The maximum absolute atomic E-state index is 12.5. The van der Waals surface area contributed by atoms with Gasteiger partial charge >= 0.3 is 5.69 Å². The largest absolute Gasteiger partial charge is 0.332 e. The van der Waals surface area contributed by atoms with Crippen molar-refractivity contribution in [3.8, 4) is 0 Å². The molecule has 0 fully saturated rings. The number of anilines is 1. The van der Waals surface area contributed by atoms with Crippen molar-refractivity contribution in [3.63, 3.8) is 0 Å². The minimum absolute atomic E-state index is 0.127. The van der Waals surface area contributed by atoms with Crippen molar-refractivity contribution in [2.24, 2.45) is 14.1 Å². The first-order valence-corrected chi connectivity index (χ1v) is 8.32. The average molecular weight is 371 g/mol. The summed E-state index contributed by atoms with van der Waals surface area (Å²) in [6, 6.07) is 5.32. The van der Waals surface area contributed by atoms with Gasteiger partial charge in [-0.15, -0.1) is 0 Å². The molecule has 4 aromatic rings. The highest BCUT2D eigenvalue weighted by Crippen LogP contribution is 2.21. The summed E-state index contributed by atoms with van der Waals surface area (Å²) in [7, 11) is 2.91. The van der Waals surface area contributed by atoms with Crippen molar-refractivity contribution in [3.05, 3.63) is 45.4 Å². The zero-order valence-corrected chi connectivity index (χ0v) is 14.6. The second kappa shape index (κ2) is 5.88. The van der Waals surface area contributed by atoms with Crippen LogP contribution in [0.2, 0.25) is 0 Å². The van der Waals surface area contributed by atoms with Crippen LogP contribution in [0, 0.1) is 0 Å². The van der Waals surface area contributed by atoms with Crippen LogP contribution in [0.5, 0.6) is 0 Å². The molecule has 0 saturated carbocycles. The molecule has 0 aliphatic heterocycles. The number of carbonyl (C=O) groups excluding carboxylic acids is 1. The van der Waals surface area contributed by atoms with Gasteiger partial charge < -0.3 is 9.88 Å². The fourth-order valence-corrected chi connectivity index (χ4v) is 3.32. The Kier molecular flexibility index (Phi) is 3.65. The Labute approximate surface area is 149 Å². The number of carbonyl (C=O) groups is 1. The van der Waals surface area contributed by atoms with Crippen LogP contribution in [-0.4, -0.2) is 33.3 Å². The molecule has 0 unspecified atom stereocenters. The van der Waals surface area contributed by atoms with Crippen molar-refractivity contribution in [2.75, 3.05) is 5.32 Å². The number of benzene rings is 1. The van der Waals surface area contributed by atoms with Crippen molar-refractivity contribution < 1.29 is 4.79 Å². The molecule has 132 valence electrons. The van der Waals surface area contributed by atoms with Gasteiger partial charge in [0.2, 0.25) is 5.91 Å². The van der Waals surface area contributed by atoms with Crippen molar-refractivity contribution in [1.29, 1.82) is 0 Å². The molecule has 11 heteroatoms. The first kappa shape index (κ1) is 16.1. The molecule has 4 rings (SSSR count). The van der Waals surface area contributed by atoms with Crippen LogP contribution >= 0.6 is 11.7 Å². The van der Waals surface area contributed by atoms with E-state index in [-0.39, 0.29) is 23.6 Å². The monoisotopic (exact) mass is 371 g/mol. The second-order valence-electron chi connectivity index (χ2n) is 5.74. The maximum atomic E-state index is 12.5. The minimum atomic E-state index is -0.501. The zero-order valence-electron chi connectivity index (χ0n) is 13.8. The molecule has 1 amide bonds. The first-order chi connectivity index (χ1) is 12.5. The van der Waals surface area contributed by atoms with Crippen LogP contribution in [-0.2, 0) is 25.4 Å². The number of fused-ring (bicyclic) bond motifs is 2. The van der Waals surface area contributed by atoms with Gasteiger partial charge in [-0.1, -0.05) is 6.07 Å². The smallest absolute Gasteiger partial charge is 0.323 e. The number of nitrogens with one attached hydrogen (secondary N) is 1. The van der Waals surface area contributed by atoms with Gasteiger partial charge in [0, 0.05) is 14.1 Å². The topological polar surface area (TPSA) is 117 Å². The summed E-state index contributed by atoms with van der Waals surface area (Å²) in [6.45, 7) is -0.127. The van der Waals surface area contributed by atoms with Crippen LogP contribution in [0.4, 0.5) is 5.69 Å². The van der Waals surface area contributed by atoms with Gasteiger partial charge in [0.1, 0.15) is 17.6 Å². The average Bonchev–Trinajstić information content (AvgIpc) is 3.25. The summed E-state index contributed by atoms with van der Waals surface area (Å²) < 4.78 is 12.0. The van der Waals surface area contributed by atoms with E-state index in [4.69, 9.17) is 0 Å². The van der Waals surface area contributed by atoms with Crippen molar-refractivity contribution in [2.45, 2.75) is 6.54 Å². The van der Waals surface area contributed by atoms with E-state index in [1.807, 2.05) is 6.07 Å². The predicted molar refractivity (Wildman–Crippen MR) is 96.3 cm³/mol. The van der Waals surface area contributed by atoms with Gasteiger partial charge in [-0.2, -0.15) is 8.75 Å². The highest BCUT2D eigenvalue weighted by atomic mass is 32.1. The molecular weight excluding hydrogens is 358 g/mol. The predicted octanol–water partition coefficient (Wildman–Crippen LogP) is 0.0771. The third-order valence-electron chi connectivity index (χ3n) is 4.09. The van der Waals surface area contributed by atoms with Gasteiger partial charge in [0.25, 0.3) is 5.56 Å². The van der Waals surface area contributed by atoms with Crippen LogP contribution < -0.4 is 16.6 Å². The van der Waals surface area contributed by atoms with Gasteiger partial charge in [-0.25, -0.2) is 9.78 Å². The molecule has 0 spiro atoms. The Morgan fingerprint density at radius 3 is 2.81 bits per heavy atom. The van der Waals surface area contributed by atoms with Crippen LogP contribution in [0.25, 0.3) is 22.2 Å². The maximum Gasteiger partial charge on any atom is 0.332 e. The quantitative estimate of drug-likeness (QED) is 0.545. The van der Waals surface area contributed by atoms with Crippen LogP contribution in [0.3, 0.4) is 0 Å². The molecule has 1 N–H and O–H groups in total. The minimum Gasteiger partial charge on any atom is -0.323 e. The number of nitrogens with zero attached hydrogens (tertiary/aromatic N) is 6. The lowest BCUT2D eigenvalue weighted by atomic mass is 10.2. The summed E-state index contributed by atoms with van der Waals surface area (Å²) in [6.07, 6.45) is 1.37. The van der Waals surface area contributed by atoms with E-state index >= 15 is 0 Å².